The van der Waals surface area contributed by atoms with Crippen LogP contribution < -0.4 is 0 Å². The Morgan fingerprint density at radius 3 is 1.18 bits per heavy atom. The van der Waals surface area contributed by atoms with E-state index in [1.807, 2.05) is 0 Å². The smallest absolute Gasteiger partial charge is 0.201 e. The Morgan fingerprint density at radius 2 is 0.769 bits per heavy atom. The zero-order valence-corrected chi connectivity index (χ0v) is 27.5. The molecule has 16 unspecified atom stereocenters. The van der Waals surface area contributed by atoms with Gasteiger partial charge in [0.25, 0.3) is 0 Å². The van der Waals surface area contributed by atoms with Crippen molar-refractivity contribution in [1.29, 1.82) is 0 Å². The normalized spacial score (nSPS) is 57.4. The molecule has 0 spiro atoms. The maximum Gasteiger partial charge on any atom is 0.201 e. The fourth-order valence-corrected chi connectivity index (χ4v) is 19.0. The van der Waals surface area contributed by atoms with Gasteiger partial charge in [-0.05, 0) is 161 Å². The quantitative estimate of drug-likeness (QED) is 0.317. The third-order valence-electron chi connectivity index (χ3n) is 15.5. The first kappa shape index (κ1) is 26.7. The van der Waals surface area contributed by atoms with Crippen molar-refractivity contribution in [2.24, 2.45) is 71.0 Å². The van der Waals surface area contributed by atoms with Crippen molar-refractivity contribution in [2.75, 3.05) is 0 Å². The van der Waals surface area contributed by atoms with E-state index in [0.29, 0.717) is 0 Å². The molecule has 39 heavy (non-hydrogen) atoms. The van der Waals surface area contributed by atoms with Crippen LogP contribution in [0.4, 0.5) is 0 Å². The Kier molecular flexibility index (Phi) is 6.56. The van der Waals surface area contributed by atoms with E-state index in [4.69, 9.17) is 0 Å². The van der Waals surface area contributed by atoms with Crippen LogP contribution in [0.3, 0.4) is 0 Å². The Bertz CT molecular complexity index is 853. The van der Waals surface area contributed by atoms with Crippen molar-refractivity contribution < 1.29 is 0 Å². The zero-order valence-electron chi connectivity index (χ0n) is 26.5. The van der Waals surface area contributed by atoms with Crippen LogP contribution in [0.5, 0.6) is 0 Å². The van der Waals surface area contributed by atoms with Crippen molar-refractivity contribution in [1.82, 2.24) is 9.13 Å². The van der Waals surface area contributed by atoms with Gasteiger partial charge in [-0.1, -0.05) is 40.5 Å². The van der Waals surface area contributed by atoms with Gasteiger partial charge in [0.2, 0.25) is 8.40 Å². The average molecular weight is 551 g/mol. The summed E-state index contributed by atoms with van der Waals surface area (Å²) in [6, 6.07) is 3.75. The third kappa shape index (κ3) is 3.96. The van der Waals surface area contributed by atoms with Gasteiger partial charge < -0.3 is 9.13 Å². The van der Waals surface area contributed by atoms with Gasteiger partial charge in [-0.2, -0.15) is 0 Å². The van der Waals surface area contributed by atoms with Gasteiger partial charge in [-0.3, -0.25) is 0 Å². The van der Waals surface area contributed by atoms with E-state index in [9.17, 15) is 0 Å². The number of nitrogens with zero attached hydrogens (tertiary/aromatic N) is 2. The van der Waals surface area contributed by atoms with Gasteiger partial charge >= 0.3 is 0 Å². The fourth-order valence-electron chi connectivity index (χ4n) is 14.2. The number of fused-ring (bicyclic) bond motifs is 10. The highest BCUT2D eigenvalue weighted by Crippen LogP contribution is 2.64. The van der Waals surface area contributed by atoms with E-state index >= 15 is 0 Å². The zero-order chi connectivity index (χ0) is 26.8. The summed E-state index contributed by atoms with van der Waals surface area (Å²) in [5.41, 5.74) is 0. The van der Waals surface area contributed by atoms with Crippen LogP contribution in [-0.4, -0.2) is 41.7 Å². The lowest BCUT2D eigenvalue weighted by molar-refractivity contribution is 0.0895. The second kappa shape index (κ2) is 9.57. The second-order valence-corrected chi connectivity index (χ2v) is 22.1. The molecule has 0 amide bonds. The van der Waals surface area contributed by atoms with Crippen molar-refractivity contribution in [3.05, 3.63) is 0 Å². The lowest BCUT2D eigenvalue weighted by Gasteiger charge is -2.55. The topological polar surface area (TPSA) is 6.48 Å². The molecule has 0 aromatic carbocycles. The third-order valence-corrected chi connectivity index (χ3v) is 19.3. The van der Waals surface area contributed by atoms with Crippen molar-refractivity contribution in [2.45, 2.75) is 155 Å². The van der Waals surface area contributed by atoms with Crippen LogP contribution in [0.25, 0.3) is 0 Å². The minimum absolute atomic E-state index is 0.929. The lowest BCUT2D eigenvalue weighted by atomic mass is 9.74. The van der Waals surface area contributed by atoms with Gasteiger partial charge in [0.1, 0.15) is 0 Å². The SMILES string of the molecule is CC1CCC2C(C1)C1CC3CCC(C)CC3C1N2[Si](C)(C)N1C2CCC(C)CC2C2CC3CCC(C)CC3C21. The highest BCUT2D eigenvalue weighted by molar-refractivity contribution is 6.72. The minimum Gasteiger partial charge on any atom is -0.305 e. The molecule has 0 bridgehead atoms. The molecule has 0 aromatic heterocycles. The van der Waals surface area contributed by atoms with E-state index in [1.54, 1.807) is 51.4 Å². The Labute approximate surface area is 243 Å². The van der Waals surface area contributed by atoms with Gasteiger partial charge in [-0.25, -0.2) is 0 Å². The predicted octanol–water partition coefficient (Wildman–Crippen LogP) is 8.81. The standard InChI is InChI=1S/C36H62N2Si/c1-21-7-11-25-19-31-29-17-23(3)9-13-33(29)37(35(31)27(25)15-21)39(5,6)38-34-14-10-24(4)18-30(34)32-20-26-12-8-22(2)16-28(26)36(32)38/h21-36H,7-20H2,1-6H3. The molecule has 16 atom stereocenters. The monoisotopic (exact) mass is 550 g/mol. The van der Waals surface area contributed by atoms with E-state index in [1.165, 1.54) is 38.5 Å². The summed E-state index contributed by atoms with van der Waals surface area (Å²) in [6.07, 6.45) is 21.6. The van der Waals surface area contributed by atoms with E-state index in [-0.39, 0.29) is 0 Å². The fraction of sp³-hybridized carbons (Fsp3) is 1.00. The number of hydrogen-bond donors (Lipinski definition) is 0. The van der Waals surface area contributed by atoms with Gasteiger partial charge in [-0.15, -0.1) is 0 Å². The molecule has 2 aliphatic heterocycles. The molecule has 0 aromatic rings. The van der Waals surface area contributed by atoms with E-state index < -0.39 is 8.40 Å². The molecule has 6 saturated carbocycles. The molecule has 8 rings (SSSR count). The summed E-state index contributed by atoms with van der Waals surface area (Å²) in [4.78, 5) is 0. The molecular formula is C36H62N2Si. The van der Waals surface area contributed by atoms with E-state index in [2.05, 4.69) is 49.9 Å². The Balaban J connectivity index is 1.20. The molecule has 3 heteroatoms. The number of rotatable bonds is 2. The molecule has 8 fully saturated rings. The van der Waals surface area contributed by atoms with Crippen molar-refractivity contribution >= 4 is 8.40 Å². The van der Waals surface area contributed by atoms with Crippen molar-refractivity contribution in [3.63, 3.8) is 0 Å². The first-order valence-corrected chi connectivity index (χ1v) is 21.2. The van der Waals surface area contributed by atoms with Crippen LogP contribution in [0.1, 0.15) is 118 Å². The number of hydrogen-bond acceptors (Lipinski definition) is 2. The van der Waals surface area contributed by atoms with Crippen LogP contribution in [0.15, 0.2) is 0 Å². The maximum absolute atomic E-state index is 3.49. The first-order valence-electron chi connectivity index (χ1n) is 18.3. The highest BCUT2D eigenvalue weighted by Gasteiger charge is 2.67. The van der Waals surface area contributed by atoms with Crippen LogP contribution in [0.2, 0.25) is 13.1 Å². The summed E-state index contributed by atoms with van der Waals surface area (Å²) in [5.74, 6) is 12.2. The molecule has 2 saturated heterocycles. The highest BCUT2D eigenvalue weighted by atomic mass is 28.3. The molecule has 0 N–H and O–H groups in total. The Morgan fingerprint density at radius 1 is 0.410 bits per heavy atom. The summed E-state index contributed by atoms with van der Waals surface area (Å²) >= 11 is 0. The van der Waals surface area contributed by atoms with Crippen LogP contribution >= 0.6 is 0 Å². The Hall–Kier alpha value is 0.137. The van der Waals surface area contributed by atoms with Crippen LogP contribution in [-0.2, 0) is 0 Å². The summed E-state index contributed by atoms with van der Waals surface area (Å²) in [5, 5.41) is 0. The molecule has 0 radical (unpaired) electrons. The summed E-state index contributed by atoms with van der Waals surface area (Å²) in [6.45, 7) is 16.3. The molecular weight excluding hydrogens is 488 g/mol. The average Bonchev–Trinajstić information content (AvgIpc) is 3.61. The summed E-state index contributed by atoms with van der Waals surface area (Å²) < 4.78 is 6.99. The minimum atomic E-state index is -1.80. The first-order chi connectivity index (χ1) is 18.7. The van der Waals surface area contributed by atoms with Crippen LogP contribution in [0, 0.1) is 71.0 Å². The molecule has 8 aliphatic rings. The van der Waals surface area contributed by atoms with Crippen molar-refractivity contribution in [3.8, 4) is 0 Å². The molecule has 2 nitrogen and oxygen atoms in total. The van der Waals surface area contributed by atoms with Gasteiger partial charge in [0, 0.05) is 24.2 Å². The van der Waals surface area contributed by atoms with Gasteiger partial charge in [0.05, 0.1) is 0 Å². The molecule has 2 heterocycles. The molecule has 220 valence electrons. The largest absolute Gasteiger partial charge is 0.305 e. The maximum atomic E-state index is 3.49. The summed E-state index contributed by atoms with van der Waals surface area (Å²) in [7, 11) is -1.80. The lowest BCUT2D eigenvalue weighted by Crippen LogP contribution is -2.70. The predicted molar refractivity (Wildman–Crippen MR) is 166 cm³/mol. The second-order valence-electron chi connectivity index (χ2n) is 18.1. The molecule has 6 aliphatic carbocycles. The van der Waals surface area contributed by atoms with Gasteiger partial charge in [0.15, 0.2) is 0 Å². The van der Waals surface area contributed by atoms with E-state index in [0.717, 1.165) is 95.2 Å².